The molecule has 0 aromatic heterocycles. The van der Waals surface area contributed by atoms with Crippen LogP contribution in [0.3, 0.4) is 0 Å². The van der Waals surface area contributed by atoms with E-state index in [-0.39, 0.29) is 23.4 Å². The lowest BCUT2D eigenvalue weighted by Crippen LogP contribution is -2.27. The third kappa shape index (κ3) is 1.86. The minimum absolute atomic E-state index is 0.162. The summed E-state index contributed by atoms with van der Waals surface area (Å²) in [5.74, 6) is 0.899. The number of benzene rings is 1. The summed E-state index contributed by atoms with van der Waals surface area (Å²) in [6, 6.07) is 7.87. The number of carbonyl (C=O) groups is 2. The standard InChI is InChI=1S/C17H18O2/c1-10(2)17-14-9-16(19)13-6-4-3-5-11(13)12(14)7-8-15(17)18/h3-6,10,12H,7-9H2,1-2H3. The summed E-state index contributed by atoms with van der Waals surface area (Å²) in [6.07, 6.45) is 1.90. The second-order valence-electron chi connectivity index (χ2n) is 5.80. The van der Waals surface area contributed by atoms with Crippen LogP contribution >= 0.6 is 0 Å². The van der Waals surface area contributed by atoms with Crippen molar-refractivity contribution in [2.24, 2.45) is 5.92 Å². The molecule has 1 aromatic carbocycles. The molecule has 0 heterocycles. The zero-order chi connectivity index (χ0) is 13.6. The van der Waals surface area contributed by atoms with Gasteiger partial charge in [0, 0.05) is 24.3 Å². The summed E-state index contributed by atoms with van der Waals surface area (Å²) < 4.78 is 0. The van der Waals surface area contributed by atoms with E-state index in [0.717, 1.165) is 28.7 Å². The Hall–Kier alpha value is -1.70. The number of hydrogen-bond donors (Lipinski definition) is 0. The molecule has 0 N–H and O–H groups in total. The van der Waals surface area contributed by atoms with Crippen molar-refractivity contribution in [2.45, 2.75) is 39.0 Å². The molecule has 98 valence electrons. The maximum absolute atomic E-state index is 12.3. The van der Waals surface area contributed by atoms with Crippen LogP contribution in [0.4, 0.5) is 0 Å². The number of hydrogen-bond acceptors (Lipinski definition) is 2. The Kier molecular flexibility index (Phi) is 2.89. The summed E-state index contributed by atoms with van der Waals surface area (Å²) in [5, 5.41) is 0. The van der Waals surface area contributed by atoms with Gasteiger partial charge >= 0.3 is 0 Å². The smallest absolute Gasteiger partial charge is 0.167 e. The van der Waals surface area contributed by atoms with Gasteiger partial charge in [-0.05, 0) is 29.0 Å². The van der Waals surface area contributed by atoms with Crippen LogP contribution in [0.1, 0.15) is 54.9 Å². The number of fused-ring (bicyclic) bond motifs is 3. The van der Waals surface area contributed by atoms with Crippen LogP contribution in [0.5, 0.6) is 0 Å². The van der Waals surface area contributed by atoms with Gasteiger partial charge in [0.05, 0.1) is 0 Å². The van der Waals surface area contributed by atoms with Crippen molar-refractivity contribution in [2.75, 3.05) is 0 Å². The fraction of sp³-hybridized carbons (Fsp3) is 0.412. The maximum atomic E-state index is 12.3. The van der Waals surface area contributed by atoms with Crippen LogP contribution in [0.25, 0.3) is 0 Å². The first-order chi connectivity index (χ1) is 9.09. The first kappa shape index (κ1) is 12.3. The van der Waals surface area contributed by atoms with Gasteiger partial charge in [-0.1, -0.05) is 38.1 Å². The molecular formula is C17H18O2. The predicted molar refractivity (Wildman–Crippen MR) is 74.2 cm³/mol. The molecule has 1 atom stereocenters. The largest absolute Gasteiger partial charge is 0.295 e. The third-order valence-corrected chi connectivity index (χ3v) is 4.29. The molecule has 0 saturated carbocycles. The van der Waals surface area contributed by atoms with E-state index < -0.39 is 0 Å². The molecular weight excluding hydrogens is 236 g/mol. The van der Waals surface area contributed by atoms with Crippen molar-refractivity contribution in [1.82, 2.24) is 0 Å². The Morgan fingerprint density at radius 3 is 2.58 bits per heavy atom. The van der Waals surface area contributed by atoms with Gasteiger partial charge in [-0.15, -0.1) is 0 Å². The molecule has 1 aromatic rings. The highest BCUT2D eigenvalue weighted by Crippen LogP contribution is 2.44. The second-order valence-corrected chi connectivity index (χ2v) is 5.80. The zero-order valence-electron chi connectivity index (χ0n) is 11.4. The van der Waals surface area contributed by atoms with Crippen LogP contribution in [-0.2, 0) is 4.79 Å². The molecule has 2 heteroatoms. The average Bonchev–Trinajstić information content (AvgIpc) is 2.38. The van der Waals surface area contributed by atoms with Crippen molar-refractivity contribution in [1.29, 1.82) is 0 Å². The van der Waals surface area contributed by atoms with Gasteiger partial charge in [0.25, 0.3) is 0 Å². The summed E-state index contributed by atoms with van der Waals surface area (Å²) in [4.78, 5) is 24.4. The van der Waals surface area contributed by atoms with Crippen molar-refractivity contribution >= 4 is 11.6 Å². The molecule has 0 fully saturated rings. The summed E-state index contributed by atoms with van der Waals surface area (Å²) >= 11 is 0. The highest BCUT2D eigenvalue weighted by molar-refractivity contribution is 6.05. The Morgan fingerprint density at radius 1 is 1.11 bits per heavy atom. The first-order valence-corrected chi connectivity index (χ1v) is 6.98. The number of carbonyl (C=O) groups excluding carboxylic acids is 2. The highest BCUT2D eigenvalue weighted by atomic mass is 16.1. The van der Waals surface area contributed by atoms with E-state index >= 15 is 0 Å². The lowest BCUT2D eigenvalue weighted by Gasteiger charge is -2.34. The molecule has 0 saturated heterocycles. The molecule has 0 spiro atoms. The SMILES string of the molecule is CC(C)C1=C2CC(=O)c3ccccc3C2CCC1=O. The fourth-order valence-corrected chi connectivity index (χ4v) is 3.53. The molecule has 0 amide bonds. The van der Waals surface area contributed by atoms with Crippen LogP contribution in [0, 0.1) is 5.92 Å². The van der Waals surface area contributed by atoms with E-state index in [2.05, 4.69) is 0 Å². The van der Waals surface area contributed by atoms with Gasteiger partial charge < -0.3 is 0 Å². The highest BCUT2D eigenvalue weighted by Gasteiger charge is 2.36. The summed E-state index contributed by atoms with van der Waals surface area (Å²) in [5.41, 5.74) is 3.99. The number of Topliss-reactive ketones (excluding diaryl/α,β-unsaturated/α-hetero) is 2. The molecule has 19 heavy (non-hydrogen) atoms. The topological polar surface area (TPSA) is 34.1 Å². The van der Waals surface area contributed by atoms with Gasteiger partial charge in [0.15, 0.2) is 11.6 Å². The Balaban J connectivity index is 2.20. The van der Waals surface area contributed by atoms with Crippen LogP contribution in [-0.4, -0.2) is 11.6 Å². The third-order valence-electron chi connectivity index (χ3n) is 4.29. The van der Waals surface area contributed by atoms with Gasteiger partial charge in [-0.2, -0.15) is 0 Å². The minimum Gasteiger partial charge on any atom is -0.295 e. The van der Waals surface area contributed by atoms with Gasteiger partial charge in [-0.3, -0.25) is 9.59 Å². The van der Waals surface area contributed by atoms with Crippen LogP contribution < -0.4 is 0 Å². The van der Waals surface area contributed by atoms with Gasteiger partial charge in [0.1, 0.15) is 0 Å². The first-order valence-electron chi connectivity index (χ1n) is 6.98. The number of allylic oxidation sites excluding steroid dienone is 2. The molecule has 0 radical (unpaired) electrons. The van der Waals surface area contributed by atoms with E-state index in [1.165, 1.54) is 0 Å². The predicted octanol–water partition coefficient (Wildman–Crippen LogP) is 3.67. The van der Waals surface area contributed by atoms with Gasteiger partial charge in [0.2, 0.25) is 0 Å². The second kappa shape index (κ2) is 4.44. The molecule has 2 aliphatic carbocycles. The van der Waals surface area contributed by atoms with E-state index in [4.69, 9.17) is 0 Å². The lowest BCUT2D eigenvalue weighted by atomic mass is 9.69. The number of rotatable bonds is 1. The summed E-state index contributed by atoms with van der Waals surface area (Å²) in [7, 11) is 0. The maximum Gasteiger partial charge on any atom is 0.167 e. The fourth-order valence-electron chi connectivity index (χ4n) is 3.53. The molecule has 2 nitrogen and oxygen atoms in total. The minimum atomic E-state index is 0.162. The van der Waals surface area contributed by atoms with Crippen molar-refractivity contribution in [3.63, 3.8) is 0 Å². The van der Waals surface area contributed by atoms with E-state index in [9.17, 15) is 9.59 Å². The van der Waals surface area contributed by atoms with Crippen LogP contribution in [0.15, 0.2) is 35.4 Å². The number of ketones is 2. The zero-order valence-corrected chi connectivity index (χ0v) is 11.4. The molecule has 0 bridgehead atoms. The van der Waals surface area contributed by atoms with Crippen molar-refractivity contribution in [3.8, 4) is 0 Å². The summed E-state index contributed by atoms with van der Waals surface area (Å²) in [6.45, 7) is 4.10. The Labute approximate surface area is 113 Å². The van der Waals surface area contributed by atoms with Gasteiger partial charge in [-0.25, -0.2) is 0 Å². The van der Waals surface area contributed by atoms with Crippen molar-refractivity contribution in [3.05, 3.63) is 46.5 Å². The normalized spacial score (nSPS) is 22.6. The Morgan fingerprint density at radius 2 is 1.84 bits per heavy atom. The lowest BCUT2D eigenvalue weighted by molar-refractivity contribution is -0.116. The molecule has 2 aliphatic rings. The molecule has 3 rings (SSSR count). The van der Waals surface area contributed by atoms with E-state index in [1.807, 2.05) is 38.1 Å². The average molecular weight is 254 g/mol. The van der Waals surface area contributed by atoms with E-state index in [0.29, 0.717) is 12.8 Å². The van der Waals surface area contributed by atoms with Crippen molar-refractivity contribution < 1.29 is 9.59 Å². The molecule has 0 aliphatic heterocycles. The Bertz CT molecular complexity index is 593. The van der Waals surface area contributed by atoms with Crippen LogP contribution in [0.2, 0.25) is 0 Å². The quantitative estimate of drug-likeness (QED) is 0.766. The van der Waals surface area contributed by atoms with E-state index in [1.54, 1.807) is 0 Å². The molecule has 1 unspecified atom stereocenters. The monoisotopic (exact) mass is 254 g/mol.